The summed E-state index contributed by atoms with van der Waals surface area (Å²) >= 11 is 1.15. The van der Waals surface area contributed by atoms with E-state index >= 15 is 0 Å². The second kappa shape index (κ2) is 12.8. The number of alkyl halides is 2. The molecule has 42 heavy (non-hydrogen) atoms. The third-order valence-corrected chi connectivity index (χ3v) is 9.36. The Morgan fingerprint density at radius 2 is 1.76 bits per heavy atom. The number of thiazole rings is 1. The summed E-state index contributed by atoms with van der Waals surface area (Å²) in [6.45, 7) is 0. The molecule has 0 radical (unpaired) electrons. The molecule has 216 valence electrons. The van der Waals surface area contributed by atoms with Gasteiger partial charge in [0.05, 0.1) is 15.1 Å². The molecule has 14 heteroatoms. The lowest BCUT2D eigenvalue weighted by Gasteiger charge is -2.12. The fourth-order valence-corrected chi connectivity index (χ4v) is 6.24. The lowest BCUT2D eigenvalue weighted by Crippen LogP contribution is -2.32. The van der Waals surface area contributed by atoms with Crippen molar-refractivity contribution in [1.29, 1.82) is 5.26 Å². The van der Waals surface area contributed by atoms with Crippen LogP contribution < -0.4 is 20.1 Å². The number of carbonyl (C=O) groups excluding carboxylic acids is 1. The third-order valence-electron chi connectivity index (χ3n) is 5.74. The number of nitrogens with one attached hydrogen (secondary N) is 1. The fraction of sp³-hybridized carbons (Fsp3) is 0.107. The Labute approximate surface area is 246 Å². The molecule has 1 N–H and O–H groups in total. The summed E-state index contributed by atoms with van der Waals surface area (Å²) in [6, 6.07) is 18.2. The maximum atomic E-state index is 13.7. The summed E-state index contributed by atoms with van der Waals surface area (Å²) in [5.74, 6) is -3.98. The van der Waals surface area contributed by atoms with Crippen LogP contribution in [0.15, 0.2) is 87.4 Å². The average molecular weight is 631 g/mol. The number of aromatic nitrogens is 1. The second-order valence-corrected chi connectivity index (χ2v) is 13.0. The molecule has 0 fully saturated rings. The van der Waals surface area contributed by atoms with Gasteiger partial charge in [-0.1, -0.05) is 30.0 Å². The van der Waals surface area contributed by atoms with Crippen molar-refractivity contribution in [2.75, 3.05) is 19.4 Å². The summed E-state index contributed by atoms with van der Waals surface area (Å²) in [5, 5.41) is 12.5. The summed E-state index contributed by atoms with van der Waals surface area (Å²) < 4.78 is 66.4. The van der Waals surface area contributed by atoms with E-state index in [0.717, 1.165) is 20.2 Å². The van der Waals surface area contributed by atoms with Crippen molar-refractivity contribution in [3.63, 3.8) is 0 Å². The highest BCUT2D eigenvalue weighted by atomic mass is 32.2. The predicted molar refractivity (Wildman–Crippen MR) is 156 cm³/mol. The molecule has 0 unspecified atom stereocenters. The molecule has 1 heterocycles. The van der Waals surface area contributed by atoms with Crippen LogP contribution in [0.25, 0.3) is 17.3 Å². The quantitative estimate of drug-likeness (QED) is 0.297. The molecule has 1 aromatic heterocycles. The van der Waals surface area contributed by atoms with E-state index in [2.05, 4.69) is 5.32 Å². The molecule has 0 spiro atoms. The predicted octanol–water partition coefficient (Wildman–Crippen LogP) is 3.74. The first-order chi connectivity index (χ1) is 19.9. The molecule has 0 atom stereocenters. The highest BCUT2D eigenvalue weighted by Gasteiger charge is 2.21. The van der Waals surface area contributed by atoms with E-state index in [4.69, 9.17) is 0 Å². The molecule has 0 bridgehead atoms. The van der Waals surface area contributed by atoms with Crippen molar-refractivity contribution in [2.45, 2.75) is 15.5 Å². The Bertz CT molecular complexity index is 1960. The Morgan fingerprint density at radius 3 is 2.36 bits per heavy atom. The summed E-state index contributed by atoms with van der Waals surface area (Å²) in [5.41, 5.74) is -0.326. The molecule has 3 aromatic carbocycles. The number of halogens is 3. The van der Waals surface area contributed by atoms with E-state index in [1.807, 2.05) is 6.07 Å². The molecule has 1 amide bonds. The number of nitrogens with zero attached hydrogens (tertiary/aromatic N) is 3. The van der Waals surface area contributed by atoms with Gasteiger partial charge in [0.15, 0.2) is 5.57 Å². The first-order valence-electron chi connectivity index (χ1n) is 11.9. The van der Waals surface area contributed by atoms with Crippen molar-refractivity contribution in [2.24, 2.45) is 0 Å². The highest BCUT2D eigenvalue weighted by Crippen LogP contribution is 2.26. The molecule has 0 aliphatic rings. The Hall–Kier alpha value is -4.16. The molecular formula is C28H21F3N4O4S3. The van der Waals surface area contributed by atoms with Gasteiger partial charge in [-0.15, -0.1) is 11.3 Å². The first kappa shape index (κ1) is 30.8. The topological polar surface area (TPSA) is 112 Å². The maximum absolute atomic E-state index is 13.7. The zero-order valence-corrected chi connectivity index (χ0v) is 24.4. The number of benzene rings is 3. The number of thioether (sulfide) groups is 1. The van der Waals surface area contributed by atoms with Crippen molar-refractivity contribution in [1.82, 2.24) is 8.87 Å². The van der Waals surface area contributed by atoms with E-state index in [-0.39, 0.29) is 30.4 Å². The molecule has 4 aromatic rings. The summed E-state index contributed by atoms with van der Waals surface area (Å²) in [7, 11) is -1.19. The number of rotatable bonds is 8. The number of sulfonamides is 1. The van der Waals surface area contributed by atoms with Crippen LogP contribution in [0.3, 0.4) is 0 Å². The van der Waals surface area contributed by atoms with Crippen LogP contribution in [-0.4, -0.2) is 43.1 Å². The van der Waals surface area contributed by atoms with Gasteiger partial charge in [0.1, 0.15) is 16.5 Å². The lowest BCUT2D eigenvalue weighted by atomic mass is 10.2. The van der Waals surface area contributed by atoms with Gasteiger partial charge in [-0.25, -0.2) is 17.1 Å². The van der Waals surface area contributed by atoms with Crippen LogP contribution in [0, 0.1) is 17.1 Å². The zero-order chi connectivity index (χ0) is 30.6. The van der Waals surface area contributed by atoms with Gasteiger partial charge < -0.3 is 5.32 Å². The lowest BCUT2D eigenvalue weighted by molar-refractivity contribution is -0.111. The number of hydrogen-bond donors (Lipinski definition) is 1. The summed E-state index contributed by atoms with van der Waals surface area (Å²) in [4.78, 5) is 27.1. The zero-order valence-electron chi connectivity index (χ0n) is 21.9. The van der Waals surface area contributed by atoms with Crippen molar-refractivity contribution in [3.05, 3.63) is 104 Å². The Morgan fingerprint density at radius 1 is 1.10 bits per heavy atom. The number of hydrogen-bond acceptors (Lipinski definition) is 7. The molecule has 4 rings (SSSR count). The van der Waals surface area contributed by atoms with Gasteiger partial charge in [-0.3, -0.25) is 14.2 Å². The third kappa shape index (κ3) is 6.82. The molecule has 0 saturated carbocycles. The SMILES string of the molecule is CN(C)S(=O)(=O)c1cccc(-n2c(=C(C#N)C(=O)Nc3ccc(SC(F)F)cc3)sc(=Cc3ccc(F)cc3)c2=O)c1. The standard InChI is InChI=1S/C28H21F3N4O4S3/c1-34(2)42(38,39)22-5-3-4-20(15-22)35-26(37)24(14-17-6-8-18(29)9-7-17)41-27(35)23(16-32)25(36)33-19-10-12-21(13-11-19)40-28(30)31/h3-15,28H,1-2H3,(H,33,36). The Kier molecular flexibility index (Phi) is 9.37. The molecule has 0 aliphatic heterocycles. The number of amides is 1. The van der Waals surface area contributed by atoms with Crippen molar-refractivity contribution in [3.8, 4) is 11.8 Å². The van der Waals surface area contributed by atoms with Gasteiger partial charge in [-0.2, -0.15) is 14.0 Å². The van der Waals surface area contributed by atoms with Crippen LogP contribution in [0.1, 0.15) is 5.56 Å². The average Bonchev–Trinajstić information content (AvgIpc) is 3.26. The number of anilines is 1. The van der Waals surface area contributed by atoms with E-state index in [1.54, 1.807) is 0 Å². The van der Waals surface area contributed by atoms with Gasteiger partial charge in [0.2, 0.25) is 10.0 Å². The largest absolute Gasteiger partial charge is 0.321 e. The minimum absolute atomic E-state index is 0.0851. The van der Waals surface area contributed by atoms with Crippen LogP contribution >= 0.6 is 23.1 Å². The second-order valence-electron chi connectivity index (χ2n) is 8.74. The van der Waals surface area contributed by atoms with Crippen LogP contribution in [0.2, 0.25) is 0 Å². The fourth-order valence-electron chi connectivity index (χ4n) is 3.70. The minimum Gasteiger partial charge on any atom is -0.321 e. The monoisotopic (exact) mass is 630 g/mol. The maximum Gasteiger partial charge on any atom is 0.288 e. The van der Waals surface area contributed by atoms with Gasteiger partial charge >= 0.3 is 0 Å². The molecule has 0 aliphatic carbocycles. The van der Waals surface area contributed by atoms with E-state index < -0.39 is 38.6 Å². The van der Waals surface area contributed by atoms with E-state index in [9.17, 15) is 36.4 Å². The van der Waals surface area contributed by atoms with E-state index in [1.165, 1.54) is 93.0 Å². The van der Waals surface area contributed by atoms with E-state index in [0.29, 0.717) is 17.3 Å². The highest BCUT2D eigenvalue weighted by molar-refractivity contribution is 7.99. The van der Waals surface area contributed by atoms with Gasteiger partial charge in [-0.05, 0) is 66.2 Å². The molecule has 8 nitrogen and oxygen atoms in total. The first-order valence-corrected chi connectivity index (χ1v) is 15.1. The van der Waals surface area contributed by atoms with Crippen molar-refractivity contribution < 1.29 is 26.4 Å². The number of carbonyl (C=O) groups is 1. The van der Waals surface area contributed by atoms with Crippen molar-refractivity contribution >= 4 is 56.4 Å². The number of nitriles is 1. The Balaban J connectivity index is 1.92. The van der Waals surface area contributed by atoms with Crippen LogP contribution in [0.5, 0.6) is 0 Å². The van der Waals surface area contributed by atoms with Gasteiger partial charge in [0, 0.05) is 24.7 Å². The molecule has 0 saturated heterocycles. The molecular weight excluding hydrogens is 610 g/mol. The summed E-state index contributed by atoms with van der Waals surface area (Å²) in [6.07, 6.45) is 1.46. The minimum atomic E-state index is -3.89. The van der Waals surface area contributed by atoms with Gasteiger partial charge in [0.25, 0.3) is 17.2 Å². The van der Waals surface area contributed by atoms with Crippen LogP contribution in [-0.2, 0) is 14.8 Å². The van der Waals surface area contributed by atoms with Crippen LogP contribution in [0.4, 0.5) is 18.9 Å². The normalized spacial score (nSPS) is 12.9. The smallest absolute Gasteiger partial charge is 0.288 e.